The second kappa shape index (κ2) is 7.09. The van der Waals surface area contributed by atoms with E-state index in [9.17, 15) is 9.59 Å². The SMILES string of the molecule is Cc1c(C(=O)NC2CCCN(c3ccn(C)n3)C2=O)sc2ccc(C#N)cc12. The van der Waals surface area contributed by atoms with E-state index in [4.69, 9.17) is 5.26 Å². The Balaban J connectivity index is 1.56. The number of fused-ring (bicyclic) bond motifs is 1. The number of amides is 2. The van der Waals surface area contributed by atoms with Crippen molar-refractivity contribution in [1.29, 1.82) is 5.26 Å². The smallest absolute Gasteiger partial charge is 0.262 e. The molecule has 1 aliphatic heterocycles. The maximum Gasteiger partial charge on any atom is 0.262 e. The number of nitrogens with one attached hydrogen (secondary N) is 1. The first kappa shape index (κ1) is 18.2. The molecule has 0 saturated carbocycles. The van der Waals surface area contributed by atoms with Gasteiger partial charge in [0.15, 0.2) is 5.82 Å². The van der Waals surface area contributed by atoms with E-state index in [-0.39, 0.29) is 11.8 Å². The Kier molecular flexibility index (Phi) is 4.61. The summed E-state index contributed by atoms with van der Waals surface area (Å²) in [6.07, 6.45) is 3.20. The van der Waals surface area contributed by atoms with Gasteiger partial charge >= 0.3 is 0 Å². The highest BCUT2D eigenvalue weighted by atomic mass is 32.1. The molecule has 1 aliphatic rings. The highest BCUT2D eigenvalue weighted by Crippen LogP contribution is 2.31. The summed E-state index contributed by atoms with van der Waals surface area (Å²) in [5.74, 6) is 0.218. The highest BCUT2D eigenvalue weighted by molar-refractivity contribution is 7.21. The van der Waals surface area contributed by atoms with E-state index in [0.717, 1.165) is 22.1 Å². The molecule has 0 radical (unpaired) electrons. The van der Waals surface area contributed by atoms with Crippen molar-refractivity contribution in [2.75, 3.05) is 11.4 Å². The van der Waals surface area contributed by atoms with Crippen LogP contribution < -0.4 is 10.2 Å². The Hall–Kier alpha value is -3.18. The molecule has 1 unspecified atom stereocenters. The van der Waals surface area contributed by atoms with Crippen molar-refractivity contribution in [3.63, 3.8) is 0 Å². The topological polar surface area (TPSA) is 91.0 Å². The zero-order valence-corrected chi connectivity index (χ0v) is 16.4. The summed E-state index contributed by atoms with van der Waals surface area (Å²) in [4.78, 5) is 28.0. The number of thiophene rings is 1. The lowest BCUT2D eigenvalue weighted by Crippen LogP contribution is -2.52. The maximum absolute atomic E-state index is 12.9. The molecular formula is C20H19N5O2S. The number of nitriles is 1. The van der Waals surface area contributed by atoms with Gasteiger partial charge in [-0.15, -0.1) is 11.3 Å². The number of carbonyl (C=O) groups excluding carboxylic acids is 2. The molecule has 1 atom stereocenters. The van der Waals surface area contributed by atoms with E-state index in [1.807, 2.05) is 13.0 Å². The van der Waals surface area contributed by atoms with Crippen molar-refractivity contribution in [1.82, 2.24) is 15.1 Å². The highest BCUT2D eigenvalue weighted by Gasteiger charge is 2.32. The van der Waals surface area contributed by atoms with Gasteiger partial charge in [0, 0.05) is 30.6 Å². The molecule has 1 saturated heterocycles. The van der Waals surface area contributed by atoms with Gasteiger partial charge in [-0.25, -0.2) is 0 Å². The van der Waals surface area contributed by atoms with Gasteiger partial charge in [-0.05, 0) is 48.9 Å². The quantitative estimate of drug-likeness (QED) is 0.741. The largest absolute Gasteiger partial charge is 0.340 e. The van der Waals surface area contributed by atoms with Gasteiger partial charge in [0.2, 0.25) is 0 Å². The molecule has 3 aromatic rings. The molecule has 2 amide bonds. The molecule has 1 N–H and O–H groups in total. The molecule has 4 rings (SSSR count). The van der Waals surface area contributed by atoms with E-state index < -0.39 is 6.04 Å². The molecule has 142 valence electrons. The second-order valence-electron chi connectivity index (χ2n) is 6.88. The normalized spacial score (nSPS) is 17.0. The number of carbonyl (C=O) groups is 2. The molecule has 0 spiro atoms. The van der Waals surface area contributed by atoms with Crippen molar-refractivity contribution < 1.29 is 9.59 Å². The summed E-state index contributed by atoms with van der Waals surface area (Å²) in [6.45, 7) is 2.47. The van der Waals surface area contributed by atoms with Crippen LogP contribution in [-0.4, -0.2) is 34.2 Å². The number of piperidine rings is 1. The van der Waals surface area contributed by atoms with Crippen molar-refractivity contribution >= 4 is 39.1 Å². The van der Waals surface area contributed by atoms with Crippen molar-refractivity contribution in [2.24, 2.45) is 7.05 Å². The summed E-state index contributed by atoms with van der Waals surface area (Å²) in [5.41, 5.74) is 1.40. The van der Waals surface area contributed by atoms with Crippen molar-refractivity contribution in [2.45, 2.75) is 25.8 Å². The predicted molar refractivity (Wildman–Crippen MR) is 107 cm³/mol. The van der Waals surface area contributed by atoms with Crippen LogP contribution in [0.1, 0.15) is 33.6 Å². The summed E-state index contributed by atoms with van der Waals surface area (Å²) in [6, 6.07) is 8.76. The number of hydrogen-bond acceptors (Lipinski definition) is 5. The lowest BCUT2D eigenvalue weighted by Gasteiger charge is -2.31. The average Bonchev–Trinajstić information content (AvgIpc) is 3.26. The Bertz CT molecular complexity index is 1120. The van der Waals surface area contributed by atoms with Crippen LogP contribution in [0, 0.1) is 18.3 Å². The van der Waals surface area contributed by atoms with Gasteiger partial charge in [-0.2, -0.15) is 10.4 Å². The fraction of sp³-hybridized carbons (Fsp3) is 0.300. The van der Waals surface area contributed by atoms with Gasteiger partial charge in [0.1, 0.15) is 6.04 Å². The van der Waals surface area contributed by atoms with E-state index >= 15 is 0 Å². The molecule has 0 aliphatic carbocycles. The van der Waals surface area contributed by atoms with Gasteiger partial charge < -0.3 is 5.32 Å². The Morgan fingerprint density at radius 1 is 1.39 bits per heavy atom. The van der Waals surface area contributed by atoms with Crippen LogP contribution in [0.3, 0.4) is 0 Å². The van der Waals surface area contributed by atoms with E-state index in [1.165, 1.54) is 11.3 Å². The fourth-order valence-corrected chi connectivity index (χ4v) is 4.61. The molecular weight excluding hydrogens is 374 g/mol. The maximum atomic E-state index is 12.9. The molecule has 7 nitrogen and oxygen atoms in total. The van der Waals surface area contributed by atoms with Crippen molar-refractivity contribution in [3.8, 4) is 6.07 Å². The van der Waals surface area contributed by atoms with E-state index in [1.54, 1.807) is 41.0 Å². The first-order valence-electron chi connectivity index (χ1n) is 9.03. The first-order chi connectivity index (χ1) is 13.5. The molecule has 0 bridgehead atoms. The third kappa shape index (κ3) is 3.14. The monoisotopic (exact) mass is 393 g/mol. The number of hydrogen-bond donors (Lipinski definition) is 1. The summed E-state index contributed by atoms with van der Waals surface area (Å²) in [7, 11) is 1.80. The van der Waals surface area contributed by atoms with Crippen LogP contribution in [-0.2, 0) is 11.8 Å². The average molecular weight is 393 g/mol. The minimum absolute atomic E-state index is 0.135. The molecule has 3 heterocycles. The second-order valence-corrected chi connectivity index (χ2v) is 7.94. The third-order valence-electron chi connectivity index (χ3n) is 4.99. The predicted octanol–water partition coefficient (Wildman–Crippen LogP) is 2.74. The Labute approximate surface area is 166 Å². The lowest BCUT2D eigenvalue weighted by molar-refractivity contribution is -0.121. The zero-order chi connectivity index (χ0) is 19.8. The van der Waals surface area contributed by atoms with Crippen LogP contribution in [0.2, 0.25) is 0 Å². The number of benzene rings is 1. The minimum Gasteiger partial charge on any atom is -0.340 e. The molecule has 8 heteroatoms. The summed E-state index contributed by atoms with van der Waals surface area (Å²) < 4.78 is 2.60. The van der Waals surface area contributed by atoms with Gasteiger partial charge in [-0.1, -0.05) is 0 Å². The number of nitrogens with zero attached hydrogens (tertiary/aromatic N) is 4. The Morgan fingerprint density at radius 3 is 2.93 bits per heavy atom. The van der Waals surface area contributed by atoms with Crippen LogP contribution in [0.4, 0.5) is 5.82 Å². The van der Waals surface area contributed by atoms with Crippen molar-refractivity contribution in [3.05, 3.63) is 46.5 Å². The van der Waals surface area contributed by atoms with Crippen LogP contribution in [0.5, 0.6) is 0 Å². The van der Waals surface area contributed by atoms with Gasteiger partial charge in [0.05, 0.1) is 16.5 Å². The fourth-order valence-electron chi connectivity index (χ4n) is 3.51. The number of aryl methyl sites for hydroxylation is 2. The molecule has 2 aromatic heterocycles. The first-order valence-corrected chi connectivity index (χ1v) is 9.84. The number of aromatic nitrogens is 2. The standard InChI is InChI=1S/C20H19N5O2S/c1-12-14-10-13(11-21)5-6-16(14)28-18(12)19(26)22-15-4-3-8-25(20(15)27)17-7-9-24(2)23-17/h5-7,9-10,15H,3-4,8H2,1-2H3,(H,22,26). The van der Waals surface area contributed by atoms with Crippen LogP contribution in [0.25, 0.3) is 10.1 Å². The van der Waals surface area contributed by atoms with E-state index in [2.05, 4.69) is 16.5 Å². The zero-order valence-electron chi connectivity index (χ0n) is 15.6. The Morgan fingerprint density at radius 2 is 2.21 bits per heavy atom. The third-order valence-corrected chi connectivity index (χ3v) is 6.26. The minimum atomic E-state index is -0.567. The summed E-state index contributed by atoms with van der Waals surface area (Å²) in [5, 5.41) is 17.2. The lowest BCUT2D eigenvalue weighted by atomic mass is 10.0. The van der Waals surface area contributed by atoms with E-state index in [0.29, 0.717) is 29.2 Å². The molecule has 28 heavy (non-hydrogen) atoms. The number of anilines is 1. The van der Waals surface area contributed by atoms with Crippen LogP contribution in [0.15, 0.2) is 30.5 Å². The van der Waals surface area contributed by atoms with Gasteiger partial charge in [0.25, 0.3) is 11.8 Å². The molecule has 1 aromatic carbocycles. The molecule has 1 fully saturated rings. The van der Waals surface area contributed by atoms with Crippen LogP contribution >= 0.6 is 11.3 Å². The summed E-state index contributed by atoms with van der Waals surface area (Å²) >= 11 is 1.38. The number of rotatable bonds is 3. The van der Waals surface area contributed by atoms with Gasteiger partial charge in [-0.3, -0.25) is 19.2 Å².